The Kier molecular flexibility index (Phi) is 5.97. The first-order valence-corrected chi connectivity index (χ1v) is 7.73. The van der Waals surface area contributed by atoms with Crippen LogP contribution in [0.5, 0.6) is 0 Å². The van der Waals surface area contributed by atoms with Crippen LogP contribution in [0.1, 0.15) is 43.5 Å². The number of fused-ring (bicyclic) bond motifs is 2. The summed E-state index contributed by atoms with van der Waals surface area (Å²) in [6.07, 6.45) is 4.57. The lowest BCUT2D eigenvalue weighted by atomic mass is 9.97. The molecule has 0 aliphatic carbocycles. The summed E-state index contributed by atoms with van der Waals surface area (Å²) in [5.74, 6) is -0.595. The van der Waals surface area contributed by atoms with E-state index in [1.807, 2.05) is 0 Å². The number of carbonyl (C=O) groups excluding carboxylic acids is 1. The Balaban J connectivity index is 2.54. The first kappa shape index (κ1) is 18.0. The second kappa shape index (κ2) is 7.96. The molecular weight excluding hydrogens is 316 g/mol. The predicted molar refractivity (Wildman–Crippen MR) is 87.1 cm³/mol. The number of amides is 1. The molecule has 1 aliphatic rings. The zero-order valence-corrected chi connectivity index (χ0v) is 13.4. The van der Waals surface area contributed by atoms with Crippen LogP contribution in [-0.4, -0.2) is 23.2 Å². The topological polar surface area (TPSA) is 106 Å². The Labute approximate surface area is 139 Å². The molecule has 1 aromatic heterocycles. The van der Waals surface area contributed by atoms with E-state index in [4.69, 9.17) is 11.5 Å². The molecule has 0 fully saturated rings. The second-order valence-electron chi connectivity index (χ2n) is 5.73. The van der Waals surface area contributed by atoms with Crippen molar-refractivity contribution in [1.29, 1.82) is 0 Å². The van der Waals surface area contributed by atoms with Crippen molar-refractivity contribution in [1.82, 2.24) is 10.3 Å². The summed E-state index contributed by atoms with van der Waals surface area (Å²) in [5.41, 5.74) is 12.6. The van der Waals surface area contributed by atoms with Crippen LogP contribution < -0.4 is 16.8 Å². The number of nitrogens with zero attached hydrogens (tertiary/aromatic N) is 2. The maximum absolute atomic E-state index is 12.9. The highest BCUT2D eigenvalue weighted by Crippen LogP contribution is 2.21. The van der Waals surface area contributed by atoms with Crippen molar-refractivity contribution in [2.75, 3.05) is 0 Å². The van der Waals surface area contributed by atoms with Crippen LogP contribution in [0, 0.1) is 5.92 Å². The number of hydrogen-bond donors (Lipinski definition) is 3. The van der Waals surface area contributed by atoms with Crippen LogP contribution in [0.25, 0.3) is 0 Å². The quantitative estimate of drug-likeness (QED) is 0.680. The van der Waals surface area contributed by atoms with E-state index in [9.17, 15) is 13.6 Å². The van der Waals surface area contributed by atoms with Gasteiger partial charge in [0.1, 0.15) is 0 Å². The van der Waals surface area contributed by atoms with E-state index in [2.05, 4.69) is 15.3 Å². The van der Waals surface area contributed by atoms with Gasteiger partial charge in [0.2, 0.25) is 5.91 Å². The molecule has 5 N–H and O–H groups in total. The summed E-state index contributed by atoms with van der Waals surface area (Å²) in [6, 6.07) is 2.80. The summed E-state index contributed by atoms with van der Waals surface area (Å²) >= 11 is 0. The number of nitrogens with one attached hydrogen (secondary N) is 1. The molecular formula is C16H21F2N5O. The molecule has 0 saturated heterocycles. The molecule has 1 aromatic rings. The monoisotopic (exact) mass is 337 g/mol. The number of alkyl halides is 2. The van der Waals surface area contributed by atoms with Crippen molar-refractivity contribution >= 4 is 11.6 Å². The molecule has 2 heterocycles. The number of aromatic nitrogens is 1. The highest BCUT2D eigenvalue weighted by atomic mass is 19.3. The summed E-state index contributed by atoms with van der Waals surface area (Å²) in [7, 11) is 0. The van der Waals surface area contributed by atoms with Gasteiger partial charge in [-0.15, -0.1) is 0 Å². The van der Waals surface area contributed by atoms with E-state index in [-0.39, 0.29) is 29.3 Å². The minimum atomic E-state index is -2.94. The van der Waals surface area contributed by atoms with Gasteiger partial charge in [-0.1, -0.05) is 13.3 Å². The zero-order valence-electron chi connectivity index (χ0n) is 13.4. The third kappa shape index (κ3) is 4.35. The van der Waals surface area contributed by atoms with Gasteiger partial charge in [0, 0.05) is 29.9 Å². The summed E-state index contributed by atoms with van der Waals surface area (Å²) < 4.78 is 25.8. The summed E-state index contributed by atoms with van der Waals surface area (Å²) in [4.78, 5) is 19.8. The predicted octanol–water partition coefficient (Wildman–Crippen LogP) is 1.83. The van der Waals surface area contributed by atoms with Gasteiger partial charge in [-0.2, -0.15) is 8.78 Å². The van der Waals surface area contributed by atoms with Gasteiger partial charge in [0.15, 0.2) is 0 Å². The fraction of sp³-hybridized carbons (Fsp3) is 0.438. The molecule has 2 atom stereocenters. The fourth-order valence-electron chi connectivity index (χ4n) is 2.55. The Bertz CT molecular complexity index is 660. The van der Waals surface area contributed by atoms with Crippen molar-refractivity contribution in [3.05, 3.63) is 41.5 Å². The first-order valence-electron chi connectivity index (χ1n) is 7.73. The lowest BCUT2D eigenvalue weighted by Gasteiger charge is -2.19. The largest absolute Gasteiger partial charge is 0.403 e. The van der Waals surface area contributed by atoms with Gasteiger partial charge in [-0.05, 0) is 25.0 Å². The molecule has 0 unspecified atom stereocenters. The van der Waals surface area contributed by atoms with Gasteiger partial charge in [-0.25, -0.2) is 4.99 Å². The molecule has 1 amide bonds. The van der Waals surface area contributed by atoms with E-state index in [1.54, 1.807) is 13.0 Å². The van der Waals surface area contributed by atoms with Gasteiger partial charge in [-0.3, -0.25) is 9.78 Å². The highest BCUT2D eigenvalue weighted by Gasteiger charge is 2.21. The van der Waals surface area contributed by atoms with Crippen molar-refractivity contribution in [3.8, 4) is 0 Å². The van der Waals surface area contributed by atoms with Crippen LogP contribution in [0.15, 0.2) is 35.2 Å². The molecule has 2 rings (SSSR count). The van der Waals surface area contributed by atoms with E-state index >= 15 is 0 Å². The Morgan fingerprint density at radius 3 is 2.88 bits per heavy atom. The number of allylic oxidation sites excluding steroid dienone is 1. The number of halogens is 2. The summed E-state index contributed by atoms with van der Waals surface area (Å²) in [5, 5.41) is 2.59. The molecule has 2 bridgehead atoms. The van der Waals surface area contributed by atoms with Gasteiger partial charge in [0.05, 0.1) is 17.1 Å². The molecule has 130 valence electrons. The maximum atomic E-state index is 12.9. The minimum absolute atomic E-state index is 0.0402. The minimum Gasteiger partial charge on any atom is -0.403 e. The van der Waals surface area contributed by atoms with E-state index in [0.29, 0.717) is 24.1 Å². The molecule has 1 aliphatic heterocycles. The van der Waals surface area contributed by atoms with Gasteiger partial charge in [0.25, 0.3) is 0 Å². The third-order valence-electron chi connectivity index (χ3n) is 3.94. The van der Waals surface area contributed by atoms with Crippen molar-refractivity contribution in [3.63, 3.8) is 0 Å². The molecule has 0 spiro atoms. The SMILES string of the molecule is C[C@@H]1CCC[C@H](N)c2cc(ccn2)C(=N\C(F)F)/C(=C\N)NC1=O. The average Bonchev–Trinajstić information content (AvgIpc) is 2.56. The fourth-order valence-corrected chi connectivity index (χ4v) is 2.55. The molecule has 24 heavy (non-hydrogen) atoms. The van der Waals surface area contributed by atoms with Crippen molar-refractivity contribution < 1.29 is 13.6 Å². The smallest absolute Gasteiger partial charge is 0.332 e. The number of hydrogen-bond acceptors (Lipinski definition) is 5. The average molecular weight is 337 g/mol. The Morgan fingerprint density at radius 1 is 1.46 bits per heavy atom. The van der Waals surface area contributed by atoms with Crippen molar-refractivity contribution in [2.24, 2.45) is 22.4 Å². The first-order chi connectivity index (χ1) is 11.4. The van der Waals surface area contributed by atoms with E-state index in [1.165, 1.54) is 12.3 Å². The highest BCUT2D eigenvalue weighted by molar-refractivity contribution is 6.14. The summed E-state index contributed by atoms with van der Waals surface area (Å²) in [6.45, 7) is -1.18. The molecule has 0 aromatic carbocycles. The number of aliphatic imine (C=N–C) groups is 1. The number of pyridine rings is 1. The van der Waals surface area contributed by atoms with Crippen LogP contribution in [0.2, 0.25) is 0 Å². The molecule has 6 nitrogen and oxygen atoms in total. The van der Waals surface area contributed by atoms with E-state index < -0.39 is 6.55 Å². The van der Waals surface area contributed by atoms with Crippen LogP contribution in [-0.2, 0) is 4.79 Å². The third-order valence-corrected chi connectivity index (χ3v) is 3.94. The van der Waals surface area contributed by atoms with Crippen LogP contribution in [0.3, 0.4) is 0 Å². The standard InChI is InChI=1S/C16H21F2N5O/c1-9-3-2-4-11(20)12-7-10(5-6-21-12)14(23-16(17)18)13(8-19)22-15(9)24/h5-9,11,16H,2-4,19-20H2,1H3,(H,22,24)/b13-8+,23-14+/t9-,11+/m1/s1. The lowest BCUT2D eigenvalue weighted by molar-refractivity contribution is -0.123. The number of carbonyl (C=O) groups is 1. The number of nitrogens with two attached hydrogens (primary N) is 2. The van der Waals surface area contributed by atoms with Crippen LogP contribution in [0.4, 0.5) is 8.78 Å². The molecule has 0 radical (unpaired) electrons. The van der Waals surface area contributed by atoms with Crippen LogP contribution >= 0.6 is 0 Å². The maximum Gasteiger partial charge on any atom is 0.332 e. The van der Waals surface area contributed by atoms with Crippen molar-refractivity contribution in [2.45, 2.75) is 38.8 Å². The van der Waals surface area contributed by atoms with E-state index in [0.717, 1.165) is 12.6 Å². The number of rotatable bonds is 1. The Morgan fingerprint density at radius 2 is 2.21 bits per heavy atom. The molecule has 8 heteroatoms. The van der Waals surface area contributed by atoms with Gasteiger partial charge >= 0.3 is 6.55 Å². The lowest BCUT2D eigenvalue weighted by Crippen LogP contribution is -2.33. The second-order valence-corrected chi connectivity index (χ2v) is 5.73. The molecule has 0 saturated carbocycles. The zero-order chi connectivity index (χ0) is 17.7. The normalized spacial score (nSPS) is 26.1. The van der Waals surface area contributed by atoms with Gasteiger partial charge < -0.3 is 16.8 Å². The Hall–Kier alpha value is -2.35.